The molecule has 0 unspecified atom stereocenters. The molecule has 0 saturated carbocycles. The van der Waals surface area contributed by atoms with Gasteiger partial charge in [-0.15, -0.1) is 0 Å². The van der Waals surface area contributed by atoms with Crippen LogP contribution in [-0.4, -0.2) is 15.6 Å². The van der Waals surface area contributed by atoms with Crippen LogP contribution in [0.3, 0.4) is 0 Å². The number of ether oxygens (including phenoxy) is 1. The lowest BCUT2D eigenvalue weighted by atomic mass is 10.2. The molecule has 0 fully saturated rings. The highest BCUT2D eigenvalue weighted by Gasteiger charge is 2.10. The minimum absolute atomic E-state index is 0.0226. The number of nitrogens with zero attached hydrogens (tertiary/aromatic N) is 2. The van der Waals surface area contributed by atoms with Crippen LogP contribution in [0.25, 0.3) is 6.08 Å². The molecule has 3 aromatic rings. The fourth-order valence-electron chi connectivity index (χ4n) is 2.39. The largest absolute Gasteiger partial charge is 0.483 e. The quantitative estimate of drug-likeness (QED) is 0.492. The Kier molecular flexibility index (Phi) is 4.97. The number of aromatic nitrogens is 2. The summed E-state index contributed by atoms with van der Waals surface area (Å²) >= 11 is 0. The van der Waals surface area contributed by atoms with Gasteiger partial charge in [0.05, 0.1) is 5.69 Å². The Morgan fingerprint density at radius 2 is 2.08 bits per heavy atom. The van der Waals surface area contributed by atoms with Crippen molar-refractivity contribution in [2.75, 3.05) is 0 Å². The Hall–Kier alpha value is -3.22. The number of hydrogen-bond acceptors (Lipinski definition) is 4. The summed E-state index contributed by atoms with van der Waals surface area (Å²) in [6.45, 7) is 1.79. The molecule has 0 N–H and O–H groups in total. The molecule has 26 heavy (non-hydrogen) atoms. The number of halogens is 2. The van der Waals surface area contributed by atoms with Gasteiger partial charge in [-0.05, 0) is 49.4 Å². The monoisotopic (exact) mass is 358 g/mol. The van der Waals surface area contributed by atoms with Gasteiger partial charge in [-0.25, -0.2) is 8.78 Å². The molecule has 0 aliphatic carbocycles. The van der Waals surface area contributed by atoms with Gasteiger partial charge in [-0.3, -0.25) is 9.48 Å². The lowest BCUT2D eigenvalue weighted by Gasteiger charge is -2.05. The molecule has 134 valence electrons. The van der Waals surface area contributed by atoms with Crippen LogP contribution in [0.1, 0.15) is 27.7 Å². The highest BCUT2D eigenvalue weighted by molar-refractivity contribution is 6.05. The van der Waals surface area contributed by atoms with E-state index in [-0.39, 0.29) is 18.1 Å². The van der Waals surface area contributed by atoms with Gasteiger partial charge in [0.2, 0.25) is 5.78 Å². The SMILES string of the molecule is Cc1cc(C(=O)C=Cc2ccc(COc3ccc(F)cc3F)o2)n(C)n1. The minimum Gasteiger partial charge on any atom is -0.483 e. The molecule has 0 amide bonds. The number of benzene rings is 1. The first kappa shape index (κ1) is 17.6. The smallest absolute Gasteiger partial charge is 0.203 e. The van der Waals surface area contributed by atoms with Crippen molar-refractivity contribution in [1.29, 1.82) is 0 Å². The van der Waals surface area contributed by atoms with Crippen LogP contribution in [0.5, 0.6) is 5.75 Å². The number of carbonyl (C=O) groups is 1. The van der Waals surface area contributed by atoms with Crippen molar-refractivity contribution in [3.8, 4) is 5.75 Å². The highest BCUT2D eigenvalue weighted by Crippen LogP contribution is 2.20. The van der Waals surface area contributed by atoms with Gasteiger partial charge in [0.15, 0.2) is 11.6 Å². The molecular formula is C19H16F2N2O3. The maximum atomic E-state index is 13.5. The van der Waals surface area contributed by atoms with E-state index in [4.69, 9.17) is 9.15 Å². The zero-order valence-corrected chi connectivity index (χ0v) is 14.2. The van der Waals surface area contributed by atoms with Crippen molar-refractivity contribution in [3.63, 3.8) is 0 Å². The van der Waals surface area contributed by atoms with E-state index in [1.54, 1.807) is 25.2 Å². The maximum Gasteiger partial charge on any atom is 0.203 e. The molecule has 0 spiro atoms. The molecule has 7 heteroatoms. The topological polar surface area (TPSA) is 57.3 Å². The number of hydrogen-bond donors (Lipinski definition) is 0. The van der Waals surface area contributed by atoms with E-state index in [0.29, 0.717) is 17.2 Å². The van der Waals surface area contributed by atoms with E-state index >= 15 is 0 Å². The van der Waals surface area contributed by atoms with Gasteiger partial charge < -0.3 is 9.15 Å². The van der Waals surface area contributed by atoms with Crippen LogP contribution in [0.15, 0.2) is 46.9 Å². The third-order valence-corrected chi connectivity index (χ3v) is 3.60. The predicted octanol–water partition coefficient (Wildman–Crippen LogP) is 4.07. The Balaban J connectivity index is 1.62. The molecule has 0 radical (unpaired) electrons. The standard InChI is InChI=1S/C19H16F2N2O3/c1-12-9-17(23(2)22-12)18(24)7-6-14-4-5-15(26-14)11-25-19-8-3-13(20)10-16(19)21/h3-10H,11H2,1-2H3. The summed E-state index contributed by atoms with van der Waals surface area (Å²) in [6.07, 6.45) is 2.92. The average molecular weight is 358 g/mol. The first-order valence-corrected chi connectivity index (χ1v) is 7.82. The van der Waals surface area contributed by atoms with Crippen LogP contribution in [-0.2, 0) is 13.7 Å². The summed E-state index contributed by atoms with van der Waals surface area (Å²) in [5.74, 6) is -0.827. The Labute approximate surface area is 148 Å². The minimum atomic E-state index is -0.784. The third-order valence-electron chi connectivity index (χ3n) is 3.60. The fraction of sp³-hybridized carbons (Fsp3) is 0.158. The summed E-state index contributed by atoms with van der Waals surface area (Å²) in [4.78, 5) is 12.1. The highest BCUT2D eigenvalue weighted by atomic mass is 19.1. The third kappa shape index (κ3) is 4.05. The summed E-state index contributed by atoms with van der Waals surface area (Å²) in [5.41, 5.74) is 1.23. The summed E-state index contributed by atoms with van der Waals surface area (Å²) < 4.78 is 38.7. The van der Waals surface area contributed by atoms with Crippen molar-refractivity contribution >= 4 is 11.9 Å². The summed E-state index contributed by atoms with van der Waals surface area (Å²) in [6, 6.07) is 8.09. The summed E-state index contributed by atoms with van der Waals surface area (Å²) in [7, 11) is 1.70. The Morgan fingerprint density at radius 3 is 2.77 bits per heavy atom. The van der Waals surface area contributed by atoms with Crippen LogP contribution in [0.4, 0.5) is 8.78 Å². The van der Waals surface area contributed by atoms with E-state index < -0.39 is 11.6 Å². The first-order valence-electron chi connectivity index (χ1n) is 7.82. The molecule has 0 bridgehead atoms. The molecule has 0 aliphatic rings. The maximum absolute atomic E-state index is 13.5. The molecule has 1 aromatic carbocycles. The molecule has 2 aromatic heterocycles. The van der Waals surface area contributed by atoms with Crippen molar-refractivity contribution < 1.29 is 22.7 Å². The van der Waals surface area contributed by atoms with E-state index in [0.717, 1.165) is 17.8 Å². The molecule has 0 atom stereocenters. The molecule has 0 saturated heterocycles. The van der Waals surface area contributed by atoms with Gasteiger partial charge in [0.25, 0.3) is 0 Å². The fourth-order valence-corrected chi connectivity index (χ4v) is 2.39. The average Bonchev–Trinajstić information content (AvgIpc) is 3.18. The van der Waals surface area contributed by atoms with Crippen LogP contribution in [0.2, 0.25) is 0 Å². The molecular weight excluding hydrogens is 342 g/mol. The van der Waals surface area contributed by atoms with Crippen molar-refractivity contribution in [1.82, 2.24) is 9.78 Å². The van der Waals surface area contributed by atoms with Gasteiger partial charge in [-0.1, -0.05) is 0 Å². The molecule has 0 aliphatic heterocycles. The second kappa shape index (κ2) is 7.35. The van der Waals surface area contributed by atoms with Gasteiger partial charge in [0, 0.05) is 13.1 Å². The van der Waals surface area contributed by atoms with Crippen molar-refractivity contribution in [2.24, 2.45) is 7.05 Å². The van der Waals surface area contributed by atoms with E-state index in [1.807, 2.05) is 6.92 Å². The second-order valence-electron chi connectivity index (χ2n) is 5.66. The first-order chi connectivity index (χ1) is 12.4. The number of rotatable bonds is 6. The van der Waals surface area contributed by atoms with Crippen LogP contribution < -0.4 is 4.74 Å². The lowest BCUT2D eigenvalue weighted by molar-refractivity contribution is 0.103. The van der Waals surface area contributed by atoms with Crippen LogP contribution in [0, 0.1) is 18.6 Å². The molecule has 3 rings (SSSR count). The van der Waals surface area contributed by atoms with E-state index in [9.17, 15) is 13.6 Å². The van der Waals surface area contributed by atoms with Gasteiger partial charge in [0.1, 0.15) is 29.6 Å². The summed E-state index contributed by atoms with van der Waals surface area (Å²) in [5, 5.41) is 4.12. The molecule has 2 heterocycles. The van der Waals surface area contributed by atoms with Crippen molar-refractivity contribution in [3.05, 3.63) is 77.0 Å². The van der Waals surface area contributed by atoms with Crippen LogP contribution >= 0.6 is 0 Å². The van der Waals surface area contributed by atoms with E-state index in [2.05, 4.69) is 5.10 Å². The number of carbonyl (C=O) groups excluding carboxylic acids is 1. The number of furan rings is 1. The van der Waals surface area contributed by atoms with Gasteiger partial charge >= 0.3 is 0 Å². The predicted molar refractivity (Wildman–Crippen MR) is 90.7 cm³/mol. The molecule has 5 nitrogen and oxygen atoms in total. The van der Waals surface area contributed by atoms with E-state index in [1.165, 1.54) is 22.9 Å². The number of ketones is 1. The number of aryl methyl sites for hydroxylation is 2. The zero-order valence-electron chi connectivity index (χ0n) is 14.2. The van der Waals surface area contributed by atoms with Crippen molar-refractivity contribution in [2.45, 2.75) is 13.5 Å². The Bertz CT molecular complexity index is 973. The lowest BCUT2D eigenvalue weighted by Crippen LogP contribution is -2.03. The van der Waals surface area contributed by atoms with Gasteiger partial charge in [-0.2, -0.15) is 5.10 Å². The second-order valence-corrected chi connectivity index (χ2v) is 5.66. The number of allylic oxidation sites excluding steroid dienone is 1. The zero-order chi connectivity index (χ0) is 18.7. The normalized spacial score (nSPS) is 11.2. The Morgan fingerprint density at radius 1 is 1.27 bits per heavy atom.